The zero-order valence-electron chi connectivity index (χ0n) is 67.3. The van der Waals surface area contributed by atoms with Crippen LogP contribution < -0.4 is 0 Å². The van der Waals surface area contributed by atoms with Gasteiger partial charge in [-0.3, -0.25) is 9.59 Å². The van der Waals surface area contributed by atoms with Crippen molar-refractivity contribution in [2.75, 3.05) is 47.5 Å². The van der Waals surface area contributed by atoms with E-state index >= 15 is 0 Å². The molecule has 0 radical (unpaired) electrons. The first-order valence-corrected chi connectivity index (χ1v) is 43.4. The first-order chi connectivity index (χ1) is 49.6. The number of unbranched alkanes of at least 4 members (excludes halogenated alkanes) is 50. The number of quaternary nitrogens is 1. The van der Waals surface area contributed by atoms with Gasteiger partial charge in [0.15, 0.2) is 6.10 Å². The van der Waals surface area contributed by atoms with Gasteiger partial charge in [-0.2, -0.15) is 0 Å². The summed E-state index contributed by atoms with van der Waals surface area (Å²) < 4.78 is 23.1. The molecule has 0 bridgehead atoms. The topological polar surface area (TPSA) is 108 Å². The molecule has 0 aromatic rings. The first kappa shape index (κ1) is 97.2. The van der Waals surface area contributed by atoms with Crippen molar-refractivity contribution in [3.8, 4) is 0 Å². The lowest BCUT2D eigenvalue weighted by Gasteiger charge is -2.25. The molecule has 2 atom stereocenters. The fraction of sp³-hybridized carbons (Fsp3) is 0.793. The summed E-state index contributed by atoms with van der Waals surface area (Å²) in [6.07, 6.45) is 112. The minimum atomic E-state index is -1.51. The Bertz CT molecular complexity index is 1990. The van der Waals surface area contributed by atoms with E-state index in [9.17, 15) is 19.5 Å². The van der Waals surface area contributed by atoms with Crippen molar-refractivity contribution in [2.45, 2.75) is 424 Å². The van der Waals surface area contributed by atoms with Gasteiger partial charge >= 0.3 is 17.9 Å². The Morgan fingerprint density at radius 1 is 0.307 bits per heavy atom. The molecule has 0 aromatic carbocycles. The van der Waals surface area contributed by atoms with Crippen LogP contribution in [0.2, 0.25) is 0 Å². The second-order valence-electron chi connectivity index (χ2n) is 30.5. The number of aliphatic carboxylic acids is 1. The number of hydrogen-bond acceptors (Lipinski definition) is 7. The van der Waals surface area contributed by atoms with Gasteiger partial charge in [-0.05, 0) is 96.3 Å². The summed E-state index contributed by atoms with van der Waals surface area (Å²) in [7, 11) is 6.00. The molecule has 9 heteroatoms. The molecule has 0 amide bonds. The van der Waals surface area contributed by atoms with Gasteiger partial charge in [0.25, 0.3) is 6.29 Å². The maximum atomic E-state index is 13.0. The van der Waals surface area contributed by atoms with Crippen molar-refractivity contribution in [3.63, 3.8) is 0 Å². The number of likely N-dealkylation sites (N-methyl/N-ethyl adjacent to an activating group) is 1. The van der Waals surface area contributed by atoms with E-state index in [2.05, 4.69) is 111 Å². The molecule has 0 heterocycles. The summed E-state index contributed by atoms with van der Waals surface area (Å²) in [5.41, 5.74) is 0. The van der Waals surface area contributed by atoms with Crippen LogP contribution in [0.3, 0.4) is 0 Å². The number of carbonyl (C=O) groups is 3. The minimum Gasteiger partial charge on any atom is -0.477 e. The SMILES string of the molecule is CC/C=C\C/C=C\C/C=C\C/C=C\C/C=C\C/C=C\C/C=C\CCCCCCCCCCCCCCCCCCCCCC(=O)OC(COC(=O)CCCCCCCCCCCCCCCCCCCCCCCCC/C=C\CCCCCCCCCC)COC(OCC[N+](C)(C)C)C(=O)O. The Balaban J connectivity index is 3.95. The normalized spacial score (nSPS) is 13.1. The third kappa shape index (κ3) is 83.4. The van der Waals surface area contributed by atoms with Gasteiger partial charge in [0.2, 0.25) is 0 Å². The second kappa shape index (κ2) is 81.9. The van der Waals surface area contributed by atoms with E-state index in [1.807, 2.05) is 21.1 Å². The van der Waals surface area contributed by atoms with Crippen LogP contribution in [0.1, 0.15) is 412 Å². The van der Waals surface area contributed by atoms with E-state index in [0.29, 0.717) is 17.4 Å². The zero-order chi connectivity index (χ0) is 73.2. The molecule has 0 aromatic heterocycles. The maximum Gasteiger partial charge on any atom is 0.361 e. The highest BCUT2D eigenvalue weighted by Crippen LogP contribution is 2.20. The molecular weight excluding hydrogens is 1250 g/mol. The lowest BCUT2D eigenvalue weighted by atomic mass is 10.0. The molecule has 0 aliphatic carbocycles. The Labute approximate surface area is 626 Å². The maximum absolute atomic E-state index is 13.0. The summed E-state index contributed by atoms with van der Waals surface area (Å²) in [6.45, 7) is 4.82. The largest absolute Gasteiger partial charge is 0.477 e. The van der Waals surface area contributed by atoms with E-state index < -0.39 is 18.4 Å². The Morgan fingerprint density at radius 3 is 0.851 bits per heavy atom. The third-order valence-electron chi connectivity index (χ3n) is 19.3. The Hall–Kier alpha value is -3.79. The fourth-order valence-electron chi connectivity index (χ4n) is 12.8. The molecule has 9 nitrogen and oxygen atoms in total. The van der Waals surface area contributed by atoms with Gasteiger partial charge in [-0.15, -0.1) is 0 Å². The van der Waals surface area contributed by atoms with Crippen molar-refractivity contribution in [1.82, 2.24) is 0 Å². The van der Waals surface area contributed by atoms with E-state index in [4.69, 9.17) is 18.9 Å². The summed E-state index contributed by atoms with van der Waals surface area (Å²) >= 11 is 0. The van der Waals surface area contributed by atoms with E-state index in [1.165, 1.54) is 302 Å². The average Bonchev–Trinajstić information content (AvgIpc) is 1.21. The van der Waals surface area contributed by atoms with Crippen LogP contribution in [-0.2, 0) is 33.3 Å². The predicted octanol–water partition coefficient (Wildman–Crippen LogP) is 28.3. The van der Waals surface area contributed by atoms with Gasteiger partial charge in [-0.1, -0.05) is 400 Å². The number of ether oxygens (including phenoxy) is 4. The van der Waals surface area contributed by atoms with Crippen LogP contribution in [0.25, 0.3) is 0 Å². The number of carboxylic acids is 1. The molecule has 0 saturated heterocycles. The van der Waals surface area contributed by atoms with Gasteiger partial charge < -0.3 is 28.5 Å². The molecule has 101 heavy (non-hydrogen) atoms. The third-order valence-corrected chi connectivity index (χ3v) is 19.3. The highest BCUT2D eigenvalue weighted by Gasteiger charge is 2.25. The van der Waals surface area contributed by atoms with E-state index in [-0.39, 0.29) is 38.2 Å². The summed E-state index contributed by atoms with van der Waals surface area (Å²) in [4.78, 5) is 37.8. The van der Waals surface area contributed by atoms with E-state index in [0.717, 1.165) is 83.5 Å². The monoisotopic (exact) mass is 1410 g/mol. The molecular formula is C92H166NO8+. The number of carbonyl (C=O) groups excluding carboxylic acids is 2. The van der Waals surface area contributed by atoms with Crippen LogP contribution in [0, 0.1) is 0 Å². The standard InChI is InChI=1S/C92H165NO8/c1-6-8-10-12-14-16-18-20-22-24-26-28-30-32-34-36-38-40-42-43-44-45-46-47-49-51-53-55-57-59-61-63-65-67-69-71-73-75-77-79-81-83-90(95)101-88(87-100-92(91(96)97)98-85-84-93(3,4)5)86-99-89(94)82-80-78-76-74-72-70-68-66-64-62-60-58-56-54-52-50-48-41-39-37-35-33-31-29-27-25-23-21-19-17-15-13-11-9-7-2/h8,10,14,16,20,22,25-28,32,34,38,40,43-44,88,92H,6-7,9,11-13,15,17-19,21,23-24,29-31,33,35-37,39,41-42,45-87H2,1-5H3/p+1/b10-8-,16-14-,22-20-,27-25-,28-26-,34-32-,40-38-,44-43-. The van der Waals surface area contributed by atoms with Crippen molar-refractivity contribution >= 4 is 17.9 Å². The first-order valence-electron chi connectivity index (χ1n) is 43.4. The molecule has 586 valence electrons. The molecule has 0 fully saturated rings. The molecule has 0 aliphatic heterocycles. The summed E-state index contributed by atoms with van der Waals surface area (Å²) in [5.74, 6) is -1.98. The minimum absolute atomic E-state index is 0.179. The fourth-order valence-corrected chi connectivity index (χ4v) is 12.8. The van der Waals surface area contributed by atoms with Crippen LogP contribution in [0.4, 0.5) is 0 Å². The Kier molecular flexibility index (Phi) is 78.8. The zero-order valence-corrected chi connectivity index (χ0v) is 67.3. The van der Waals surface area contributed by atoms with Crippen molar-refractivity contribution in [3.05, 3.63) is 97.2 Å². The Morgan fingerprint density at radius 2 is 0.564 bits per heavy atom. The number of nitrogens with zero attached hydrogens (tertiary/aromatic N) is 1. The lowest BCUT2D eigenvalue weighted by molar-refractivity contribution is -0.870. The van der Waals surface area contributed by atoms with Crippen molar-refractivity contribution in [1.29, 1.82) is 0 Å². The smallest absolute Gasteiger partial charge is 0.361 e. The van der Waals surface area contributed by atoms with Crippen LogP contribution in [0.5, 0.6) is 0 Å². The van der Waals surface area contributed by atoms with E-state index in [1.54, 1.807) is 0 Å². The molecule has 0 spiro atoms. The van der Waals surface area contributed by atoms with Crippen LogP contribution in [-0.4, -0.2) is 87.4 Å². The van der Waals surface area contributed by atoms with Crippen molar-refractivity contribution in [2.24, 2.45) is 0 Å². The highest BCUT2D eigenvalue weighted by atomic mass is 16.7. The van der Waals surface area contributed by atoms with Gasteiger partial charge in [-0.25, -0.2) is 4.79 Å². The predicted molar refractivity (Wildman–Crippen MR) is 438 cm³/mol. The number of allylic oxidation sites excluding steroid dienone is 16. The molecule has 0 rings (SSSR count). The molecule has 1 N–H and O–H groups in total. The second-order valence-corrected chi connectivity index (χ2v) is 30.5. The average molecular weight is 1410 g/mol. The number of esters is 2. The number of rotatable bonds is 81. The molecule has 0 saturated carbocycles. The molecule has 2 unspecified atom stereocenters. The summed E-state index contributed by atoms with van der Waals surface area (Å²) in [6, 6.07) is 0. The number of carboxylic acid groups (broad SMARTS) is 1. The highest BCUT2D eigenvalue weighted by molar-refractivity contribution is 5.71. The van der Waals surface area contributed by atoms with Crippen molar-refractivity contribution < 1.29 is 42.9 Å². The lowest BCUT2D eigenvalue weighted by Crippen LogP contribution is -2.40. The quantitative estimate of drug-likeness (QED) is 0.0211. The van der Waals surface area contributed by atoms with Crippen LogP contribution >= 0.6 is 0 Å². The van der Waals surface area contributed by atoms with Gasteiger partial charge in [0.1, 0.15) is 13.2 Å². The van der Waals surface area contributed by atoms with Crippen LogP contribution in [0.15, 0.2) is 97.2 Å². The molecule has 0 aliphatic rings. The van der Waals surface area contributed by atoms with Gasteiger partial charge in [0.05, 0.1) is 34.4 Å². The summed E-state index contributed by atoms with van der Waals surface area (Å²) in [5, 5.41) is 9.79. The van der Waals surface area contributed by atoms with Gasteiger partial charge in [0, 0.05) is 12.8 Å². The number of hydrogen-bond donors (Lipinski definition) is 1.